The Bertz CT molecular complexity index is 837. The maximum atomic E-state index is 13.3. The fourth-order valence-corrected chi connectivity index (χ4v) is 3.75. The summed E-state index contributed by atoms with van der Waals surface area (Å²) in [6, 6.07) is 15.2. The maximum absolute atomic E-state index is 13.3. The zero-order valence-corrected chi connectivity index (χ0v) is 19.0. The van der Waals surface area contributed by atoms with Gasteiger partial charge >= 0.3 is 0 Å². The van der Waals surface area contributed by atoms with Crippen molar-refractivity contribution in [1.29, 1.82) is 0 Å². The standard InChI is InChI=1S/C25H33ClN2O2/c1-4-6-16-27-25(30)23(5-2)28(18-20-11-9-10-19(3)17-20)24(29)15-14-21-12-7-8-13-22(21)26/h7-13,17,23H,4-6,14-16,18H2,1-3H3,(H,27,30)/t23-/m1/s1. The molecule has 0 saturated carbocycles. The Morgan fingerprint density at radius 1 is 1.10 bits per heavy atom. The Balaban J connectivity index is 2.18. The Labute approximate surface area is 185 Å². The smallest absolute Gasteiger partial charge is 0.242 e. The lowest BCUT2D eigenvalue weighted by Crippen LogP contribution is -2.49. The van der Waals surface area contributed by atoms with Gasteiger partial charge in [0.15, 0.2) is 0 Å². The molecule has 0 aliphatic carbocycles. The summed E-state index contributed by atoms with van der Waals surface area (Å²) in [5.74, 6) is -0.112. The van der Waals surface area contributed by atoms with Gasteiger partial charge in [-0.05, 0) is 43.4 Å². The van der Waals surface area contributed by atoms with Crippen LogP contribution in [0.15, 0.2) is 48.5 Å². The van der Waals surface area contributed by atoms with Crippen LogP contribution >= 0.6 is 11.6 Å². The molecule has 5 heteroatoms. The molecular weight excluding hydrogens is 396 g/mol. The number of nitrogens with zero attached hydrogens (tertiary/aromatic N) is 1. The Hall–Kier alpha value is -2.33. The summed E-state index contributed by atoms with van der Waals surface area (Å²) in [5, 5.41) is 3.66. The maximum Gasteiger partial charge on any atom is 0.242 e. The van der Waals surface area contributed by atoms with E-state index in [0.29, 0.717) is 37.4 Å². The average molecular weight is 429 g/mol. The largest absolute Gasteiger partial charge is 0.354 e. The van der Waals surface area contributed by atoms with Gasteiger partial charge in [-0.3, -0.25) is 9.59 Å². The molecule has 1 atom stereocenters. The number of hydrogen-bond donors (Lipinski definition) is 1. The first-order valence-electron chi connectivity index (χ1n) is 10.8. The number of benzene rings is 2. The van der Waals surface area contributed by atoms with Crippen LogP contribution in [0.5, 0.6) is 0 Å². The number of carbonyl (C=O) groups excluding carboxylic acids is 2. The third-order valence-corrected chi connectivity index (χ3v) is 5.59. The number of aryl methyl sites for hydroxylation is 2. The third-order valence-electron chi connectivity index (χ3n) is 5.22. The normalized spacial score (nSPS) is 11.7. The third kappa shape index (κ3) is 7.17. The second kappa shape index (κ2) is 12.4. The Morgan fingerprint density at radius 3 is 2.53 bits per heavy atom. The summed E-state index contributed by atoms with van der Waals surface area (Å²) in [6.45, 7) is 7.13. The van der Waals surface area contributed by atoms with Crippen molar-refractivity contribution in [2.45, 2.75) is 65.5 Å². The summed E-state index contributed by atoms with van der Waals surface area (Å²) in [6.07, 6.45) is 3.38. The number of unbranched alkanes of at least 4 members (excludes halogenated alkanes) is 1. The van der Waals surface area contributed by atoms with Crippen LogP contribution in [0.3, 0.4) is 0 Å². The van der Waals surface area contributed by atoms with Crippen molar-refractivity contribution in [2.24, 2.45) is 0 Å². The van der Waals surface area contributed by atoms with E-state index in [1.54, 1.807) is 4.90 Å². The van der Waals surface area contributed by atoms with Crippen molar-refractivity contribution >= 4 is 23.4 Å². The van der Waals surface area contributed by atoms with E-state index in [2.05, 4.69) is 18.3 Å². The van der Waals surface area contributed by atoms with Gasteiger partial charge in [-0.25, -0.2) is 0 Å². The van der Waals surface area contributed by atoms with E-state index in [9.17, 15) is 9.59 Å². The minimum atomic E-state index is -0.485. The van der Waals surface area contributed by atoms with Crippen molar-refractivity contribution in [3.8, 4) is 0 Å². The molecule has 2 aromatic rings. The molecule has 0 saturated heterocycles. The number of hydrogen-bond acceptors (Lipinski definition) is 2. The SMILES string of the molecule is CCCCNC(=O)[C@@H](CC)N(Cc1cccc(C)c1)C(=O)CCc1ccccc1Cl. The van der Waals surface area contributed by atoms with E-state index in [1.165, 1.54) is 0 Å². The zero-order valence-electron chi connectivity index (χ0n) is 18.3. The van der Waals surface area contributed by atoms with Crippen molar-refractivity contribution in [3.05, 3.63) is 70.2 Å². The Kier molecular flexibility index (Phi) is 9.88. The van der Waals surface area contributed by atoms with Crippen molar-refractivity contribution in [1.82, 2.24) is 10.2 Å². The fourth-order valence-electron chi connectivity index (χ4n) is 3.52. The summed E-state index contributed by atoms with van der Waals surface area (Å²) >= 11 is 6.26. The van der Waals surface area contributed by atoms with E-state index >= 15 is 0 Å². The molecule has 2 amide bonds. The van der Waals surface area contributed by atoms with Gasteiger partial charge in [0.2, 0.25) is 11.8 Å². The number of rotatable bonds is 11. The summed E-state index contributed by atoms with van der Waals surface area (Å²) in [5.41, 5.74) is 3.11. The lowest BCUT2D eigenvalue weighted by molar-refractivity contribution is -0.141. The van der Waals surface area contributed by atoms with Crippen LogP contribution in [-0.2, 0) is 22.6 Å². The van der Waals surface area contributed by atoms with E-state index in [1.807, 2.05) is 56.3 Å². The lowest BCUT2D eigenvalue weighted by Gasteiger charge is -2.31. The second-order valence-corrected chi connectivity index (χ2v) is 8.08. The molecule has 0 aliphatic rings. The second-order valence-electron chi connectivity index (χ2n) is 7.67. The zero-order chi connectivity index (χ0) is 21.9. The quantitative estimate of drug-likeness (QED) is 0.493. The minimum Gasteiger partial charge on any atom is -0.354 e. The van der Waals surface area contributed by atoms with Gasteiger partial charge in [0.1, 0.15) is 6.04 Å². The highest BCUT2D eigenvalue weighted by molar-refractivity contribution is 6.31. The van der Waals surface area contributed by atoms with E-state index in [0.717, 1.165) is 29.5 Å². The van der Waals surface area contributed by atoms with Crippen LogP contribution < -0.4 is 5.32 Å². The molecule has 2 rings (SSSR count). The highest BCUT2D eigenvalue weighted by Crippen LogP contribution is 2.19. The van der Waals surface area contributed by atoms with Gasteiger partial charge in [0, 0.05) is 24.5 Å². The first kappa shape index (κ1) is 23.9. The van der Waals surface area contributed by atoms with Crippen LogP contribution in [0, 0.1) is 6.92 Å². The van der Waals surface area contributed by atoms with E-state index in [-0.39, 0.29) is 11.8 Å². The highest BCUT2D eigenvalue weighted by atomic mass is 35.5. The van der Waals surface area contributed by atoms with Gasteiger partial charge in [0.25, 0.3) is 0 Å². The summed E-state index contributed by atoms with van der Waals surface area (Å²) < 4.78 is 0. The topological polar surface area (TPSA) is 49.4 Å². The molecule has 0 radical (unpaired) electrons. The summed E-state index contributed by atoms with van der Waals surface area (Å²) in [7, 11) is 0. The van der Waals surface area contributed by atoms with Crippen molar-refractivity contribution < 1.29 is 9.59 Å². The predicted molar refractivity (Wildman–Crippen MR) is 123 cm³/mol. The molecule has 30 heavy (non-hydrogen) atoms. The minimum absolute atomic E-state index is 0.0334. The van der Waals surface area contributed by atoms with Crippen LogP contribution in [-0.4, -0.2) is 29.3 Å². The van der Waals surface area contributed by atoms with E-state index in [4.69, 9.17) is 11.6 Å². The molecule has 162 valence electrons. The van der Waals surface area contributed by atoms with E-state index < -0.39 is 6.04 Å². The number of halogens is 1. The molecule has 0 aliphatic heterocycles. The highest BCUT2D eigenvalue weighted by Gasteiger charge is 2.28. The van der Waals surface area contributed by atoms with Gasteiger partial charge in [-0.1, -0.05) is 79.9 Å². The Morgan fingerprint density at radius 2 is 1.87 bits per heavy atom. The van der Waals surface area contributed by atoms with Crippen LogP contribution in [0.2, 0.25) is 5.02 Å². The number of nitrogens with one attached hydrogen (secondary N) is 1. The molecule has 0 unspecified atom stereocenters. The van der Waals surface area contributed by atoms with Gasteiger partial charge < -0.3 is 10.2 Å². The predicted octanol–water partition coefficient (Wildman–Crippen LogP) is 5.30. The molecule has 0 bridgehead atoms. The van der Waals surface area contributed by atoms with Gasteiger partial charge in [0.05, 0.1) is 0 Å². The number of amides is 2. The van der Waals surface area contributed by atoms with Crippen LogP contribution in [0.4, 0.5) is 0 Å². The van der Waals surface area contributed by atoms with Crippen molar-refractivity contribution in [3.63, 3.8) is 0 Å². The molecule has 0 aromatic heterocycles. The molecule has 0 fully saturated rings. The molecule has 0 spiro atoms. The summed E-state index contributed by atoms with van der Waals surface area (Å²) in [4.78, 5) is 27.8. The van der Waals surface area contributed by atoms with Crippen LogP contribution in [0.1, 0.15) is 56.2 Å². The first-order valence-corrected chi connectivity index (χ1v) is 11.2. The first-order chi connectivity index (χ1) is 14.5. The molecular formula is C25H33ClN2O2. The fraction of sp³-hybridized carbons (Fsp3) is 0.440. The van der Waals surface area contributed by atoms with Gasteiger partial charge in [-0.2, -0.15) is 0 Å². The lowest BCUT2D eigenvalue weighted by atomic mass is 10.1. The number of carbonyl (C=O) groups is 2. The van der Waals surface area contributed by atoms with Crippen molar-refractivity contribution in [2.75, 3.05) is 6.54 Å². The molecule has 1 N–H and O–H groups in total. The molecule has 2 aromatic carbocycles. The average Bonchev–Trinajstić information content (AvgIpc) is 2.73. The van der Waals surface area contributed by atoms with Crippen LogP contribution in [0.25, 0.3) is 0 Å². The molecule has 4 nitrogen and oxygen atoms in total. The monoisotopic (exact) mass is 428 g/mol. The molecule has 0 heterocycles. The van der Waals surface area contributed by atoms with Gasteiger partial charge in [-0.15, -0.1) is 0 Å².